The molecule has 0 spiro atoms. The first kappa shape index (κ1) is 20.7. The Bertz CT molecular complexity index is 1110. The number of H-pyrrole nitrogens is 1. The quantitative estimate of drug-likeness (QED) is 0.609. The Kier molecular flexibility index (Phi) is 6.35. The van der Waals surface area contributed by atoms with Gasteiger partial charge in [0.2, 0.25) is 11.8 Å². The third-order valence-electron chi connectivity index (χ3n) is 5.37. The van der Waals surface area contributed by atoms with Crippen LogP contribution in [0.15, 0.2) is 47.7 Å². The number of aryl methyl sites for hydroxylation is 1. The summed E-state index contributed by atoms with van der Waals surface area (Å²) in [7, 11) is 0. The molecule has 1 fully saturated rings. The second-order valence-electron chi connectivity index (χ2n) is 7.70. The summed E-state index contributed by atoms with van der Waals surface area (Å²) in [5.41, 5.74) is 2.16. The highest BCUT2D eigenvalue weighted by Crippen LogP contribution is 2.23. The summed E-state index contributed by atoms with van der Waals surface area (Å²) < 4.78 is 5.92. The monoisotopic (exact) mass is 419 g/mol. The number of amides is 1. The first-order chi connectivity index (χ1) is 15.1. The Morgan fingerprint density at radius 2 is 2.10 bits per heavy atom. The largest absolute Gasteiger partial charge is 0.474 e. The minimum atomic E-state index is -0.322. The smallest absolute Gasteiger partial charge is 0.255 e. The van der Waals surface area contributed by atoms with Crippen molar-refractivity contribution in [3.8, 4) is 17.3 Å². The van der Waals surface area contributed by atoms with Crippen LogP contribution >= 0.6 is 0 Å². The van der Waals surface area contributed by atoms with Gasteiger partial charge in [-0.2, -0.15) is 0 Å². The van der Waals surface area contributed by atoms with E-state index in [1.54, 1.807) is 31.6 Å². The lowest BCUT2D eigenvalue weighted by Gasteiger charge is -2.13. The van der Waals surface area contributed by atoms with Crippen LogP contribution < -0.4 is 15.6 Å². The zero-order valence-electron chi connectivity index (χ0n) is 17.4. The van der Waals surface area contributed by atoms with Gasteiger partial charge in [0.25, 0.3) is 5.56 Å². The van der Waals surface area contributed by atoms with E-state index in [4.69, 9.17) is 4.74 Å². The molecule has 8 nitrogen and oxygen atoms in total. The van der Waals surface area contributed by atoms with E-state index in [9.17, 15) is 9.59 Å². The van der Waals surface area contributed by atoms with E-state index in [1.807, 2.05) is 18.2 Å². The maximum Gasteiger partial charge on any atom is 0.255 e. The molecule has 0 atom stereocenters. The van der Waals surface area contributed by atoms with Crippen molar-refractivity contribution in [1.29, 1.82) is 0 Å². The molecule has 2 N–H and O–H groups in total. The number of carbonyl (C=O) groups excluding carboxylic acids is 1. The highest BCUT2D eigenvalue weighted by Gasteiger charge is 2.17. The van der Waals surface area contributed by atoms with E-state index in [-0.39, 0.29) is 24.0 Å². The van der Waals surface area contributed by atoms with Crippen molar-refractivity contribution < 1.29 is 9.53 Å². The van der Waals surface area contributed by atoms with Crippen molar-refractivity contribution in [2.75, 3.05) is 0 Å². The molecule has 1 aliphatic carbocycles. The number of carbonyl (C=O) groups is 1. The van der Waals surface area contributed by atoms with Crippen LogP contribution in [0.1, 0.15) is 42.5 Å². The molecule has 160 valence electrons. The third-order valence-corrected chi connectivity index (χ3v) is 5.37. The van der Waals surface area contributed by atoms with Crippen LogP contribution in [-0.2, 0) is 17.8 Å². The number of hydrogen-bond donors (Lipinski definition) is 2. The zero-order valence-corrected chi connectivity index (χ0v) is 17.4. The number of pyridine rings is 2. The average molecular weight is 419 g/mol. The predicted octanol–water partition coefficient (Wildman–Crippen LogP) is 2.72. The second kappa shape index (κ2) is 9.51. The molecule has 0 unspecified atom stereocenters. The Morgan fingerprint density at radius 3 is 2.84 bits per heavy atom. The number of ether oxygens (including phenoxy) is 1. The maximum absolute atomic E-state index is 12.5. The summed E-state index contributed by atoms with van der Waals surface area (Å²) in [5.74, 6) is 0.770. The van der Waals surface area contributed by atoms with Crippen molar-refractivity contribution in [2.45, 2.75) is 51.7 Å². The van der Waals surface area contributed by atoms with E-state index in [0.717, 1.165) is 18.4 Å². The molecule has 3 aromatic heterocycles. The van der Waals surface area contributed by atoms with E-state index in [0.29, 0.717) is 35.1 Å². The van der Waals surface area contributed by atoms with Crippen LogP contribution in [0.3, 0.4) is 0 Å². The van der Waals surface area contributed by atoms with Gasteiger partial charge in [0.05, 0.1) is 6.42 Å². The molecule has 0 saturated heterocycles. The summed E-state index contributed by atoms with van der Waals surface area (Å²) >= 11 is 0. The number of nitrogens with one attached hydrogen (secondary N) is 2. The van der Waals surface area contributed by atoms with Gasteiger partial charge in [-0.3, -0.25) is 14.6 Å². The van der Waals surface area contributed by atoms with Crippen molar-refractivity contribution in [2.24, 2.45) is 0 Å². The third kappa shape index (κ3) is 5.33. The Hall–Kier alpha value is -3.55. The number of rotatable bonds is 7. The van der Waals surface area contributed by atoms with Gasteiger partial charge in [0.15, 0.2) is 0 Å². The summed E-state index contributed by atoms with van der Waals surface area (Å²) in [4.78, 5) is 40.5. The van der Waals surface area contributed by atoms with E-state index < -0.39 is 0 Å². The van der Waals surface area contributed by atoms with E-state index >= 15 is 0 Å². The highest BCUT2D eigenvalue weighted by atomic mass is 16.5. The first-order valence-corrected chi connectivity index (χ1v) is 10.5. The highest BCUT2D eigenvalue weighted by molar-refractivity contribution is 5.78. The molecule has 3 aromatic rings. The van der Waals surface area contributed by atoms with Gasteiger partial charge in [-0.25, -0.2) is 9.97 Å². The summed E-state index contributed by atoms with van der Waals surface area (Å²) in [6.07, 6.45) is 9.65. The van der Waals surface area contributed by atoms with Crippen molar-refractivity contribution >= 4 is 5.91 Å². The topological polar surface area (TPSA) is 110 Å². The molecule has 4 rings (SSSR count). The van der Waals surface area contributed by atoms with Crippen LogP contribution in [0.5, 0.6) is 5.88 Å². The normalized spacial score (nSPS) is 13.8. The van der Waals surface area contributed by atoms with Gasteiger partial charge >= 0.3 is 0 Å². The van der Waals surface area contributed by atoms with Gasteiger partial charge in [0, 0.05) is 48.0 Å². The number of aromatic nitrogens is 4. The molecule has 8 heteroatoms. The summed E-state index contributed by atoms with van der Waals surface area (Å²) in [5, 5.41) is 2.86. The molecule has 0 aliphatic heterocycles. The maximum atomic E-state index is 12.5. The fourth-order valence-corrected chi connectivity index (χ4v) is 3.68. The van der Waals surface area contributed by atoms with Gasteiger partial charge in [-0.1, -0.05) is 0 Å². The molecule has 1 amide bonds. The Balaban J connectivity index is 1.37. The molecule has 3 heterocycles. The lowest BCUT2D eigenvalue weighted by Crippen LogP contribution is -2.29. The van der Waals surface area contributed by atoms with Gasteiger partial charge < -0.3 is 15.0 Å². The van der Waals surface area contributed by atoms with Gasteiger partial charge in [0.1, 0.15) is 11.9 Å². The second-order valence-corrected chi connectivity index (χ2v) is 7.70. The van der Waals surface area contributed by atoms with Crippen LogP contribution in [0.25, 0.3) is 11.4 Å². The number of nitrogens with zero attached hydrogens (tertiary/aromatic N) is 3. The SMILES string of the molecule is Cc1nc(-c2cccnc2)[nH]c(=O)c1CC(=O)NCc1ccnc(OC2CCCC2)c1. The Morgan fingerprint density at radius 1 is 1.26 bits per heavy atom. The molecule has 0 radical (unpaired) electrons. The first-order valence-electron chi connectivity index (χ1n) is 10.5. The fourth-order valence-electron chi connectivity index (χ4n) is 3.68. The van der Waals surface area contributed by atoms with Crippen LogP contribution in [0, 0.1) is 6.92 Å². The standard InChI is InChI=1S/C23H25N5O3/c1-15-19(23(30)28-22(27-15)17-5-4-9-24-14-17)12-20(29)26-13-16-8-10-25-21(11-16)31-18-6-2-3-7-18/h4-5,8-11,14,18H,2-3,6-7,12-13H2,1H3,(H,26,29)(H,27,28,30). The van der Waals surface area contributed by atoms with Crippen molar-refractivity contribution in [3.05, 3.63) is 70.0 Å². The minimum absolute atomic E-state index is 0.0436. The molecule has 1 aliphatic rings. The summed E-state index contributed by atoms with van der Waals surface area (Å²) in [6.45, 7) is 2.06. The zero-order chi connectivity index (χ0) is 21.6. The molecule has 31 heavy (non-hydrogen) atoms. The lowest BCUT2D eigenvalue weighted by atomic mass is 10.1. The van der Waals surface area contributed by atoms with Gasteiger partial charge in [-0.15, -0.1) is 0 Å². The predicted molar refractivity (Wildman–Crippen MR) is 115 cm³/mol. The minimum Gasteiger partial charge on any atom is -0.474 e. The van der Waals surface area contributed by atoms with Crippen molar-refractivity contribution in [1.82, 2.24) is 25.3 Å². The molecule has 1 saturated carbocycles. The van der Waals surface area contributed by atoms with E-state index in [1.165, 1.54) is 12.8 Å². The van der Waals surface area contributed by atoms with E-state index in [2.05, 4.69) is 25.3 Å². The fraction of sp³-hybridized carbons (Fsp3) is 0.348. The van der Waals surface area contributed by atoms with Crippen LogP contribution in [-0.4, -0.2) is 31.9 Å². The molecule has 0 bridgehead atoms. The van der Waals surface area contributed by atoms with Crippen LogP contribution in [0.4, 0.5) is 0 Å². The molecular formula is C23H25N5O3. The summed E-state index contributed by atoms with van der Waals surface area (Å²) in [6, 6.07) is 7.27. The number of hydrogen-bond acceptors (Lipinski definition) is 6. The van der Waals surface area contributed by atoms with Gasteiger partial charge in [-0.05, 0) is 56.4 Å². The average Bonchev–Trinajstić information content (AvgIpc) is 3.28. The molecule has 0 aromatic carbocycles. The number of aromatic amines is 1. The van der Waals surface area contributed by atoms with Crippen LogP contribution in [0.2, 0.25) is 0 Å². The Labute approximate surface area is 180 Å². The lowest BCUT2D eigenvalue weighted by molar-refractivity contribution is -0.120. The molecular weight excluding hydrogens is 394 g/mol. The van der Waals surface area contributed by atoms with Crippen molar-refractivity contribution in [3.63, 3.8) is 0 Å².